The molecule has 47 heavy (non-hydrogen) atoms. The fourth-order valence-corrected chi connectivity index (χ4v) is 25.3. The molecule has 0 amide bonds. The molecular formula is C32H70O10Si5. The zero-order valence-corrected chi connectivity index (χ0v) is 36.6. The molecule has 0 N–H and O–H groups in total. The van der Waals surface area contributed by atoms with E-state index in [2.05, 4.69) is 66.2 Å². The highest BCUT2D eigenvalue weighted by atomic mass is 28.5. The SMILES string of the molecule is CC(C)CCC[Si](C)(C)O[Si](O[Si](C)(C)CCCOCC1CO1)(O[Si](C)(C)CCCOCC1CO1)O[Si](C)(C)CCCOCC1CO1. The number of rotatable bonds is 30. The molecule has 3 aliphatic rings. The van der Waals surface area contributed by atoms with Crippen LogP contribution in [-0.2, 0) is 44.9 Å². The third-order valence-corrected chi connectivity index (χ3v) is 27.6. The number of hydrogen-bond acceptors (Lipinski definition) is 10. The van der Waals surface area contributed by atoms with Crippen molar-refractivity contribution in [3.8, 4) is 0 Å². The molecule has 3 rings (SSSR count). The average Bonchev–Trinajstić information content (AvgIpc) is 3.75. The maximum Gasteiger partial charge on any atom is 0.636 e. The van der Waals surface area contributed by atoms with E-state index in [1.54, 1.807) is 0 Å². The van der Waals surface area contributed by atoms with Crippen LogP contribution in [0.4, 0.5) is 0 Å². The van der Waals surface area contributed by atoms with Gasteiger partial charge in [0.15, 0.2) is 33.3 Å². The van der Waals surface area contributed by atoms with Crippen LogP contribution < -0.4 is 0 Å². The molecule has 0 radical (unpaired) electrons. The van der Waals surface area contributed by atoms with Crippen molar-refractivity contribution in [1.82, 2.24) is 0 Å². The summed E-state index contributed by atoms with van der Waals surface area (Å²) >= 11 is 0. The van der Waals surface area contributed by atoms with Gasteiger partial charge in [0.1, 0.15) is 18.3 Å². The van der Waals surface area contributed by atoms with Crippen molar-refractivity contribution < 1.29 is 44.9 Å². The van der Waals surface area contributed by atoms with E-state index in [4.69, 9.17) is 44.9 Å². The predicted molar refractivity (Wildman–Crippen MR) is 199 cm³/mol. The zero-order valence-electron chi connectivity index (χ0n) is 31.6. The Kier molecular flexibility index (Phi) is 17.5. The summed E-state index contributed by atoms with van der Waals surface area (Å²) in [6, 6.07) is 3.93. The van der Waals surface area contributed by atoms with Crippen molar-refractivity contribution in [2.75, 3.05) is 59.5 Å². The van der Waals surface area contributed by atoms with Gasteiger partial charge in [-0.2, -0.15) is 0 Å². The highest BCUT2D eigenvalue weighted by Crippen LogP contribution is 2.35. The van der Waals surface area contributed by atoms with Crippen molar-refractivity contribution in [3.63, 3.8) is 0 Å². The normalized spacial score (nSPS) is 22.9. The minimum absolute atomic E-state index is 0.286. The van der Waals surface area contributed by atoms with Crippen molar-refractivity contribution in [2.45, 2.75) is 141 Å². The van der Waals surface area contributed by atoms with Gasteiger partial charge in [-0.25, -0.2) is 0 Å². The van der Waals surface area contributed by atoms with Crippen molar-refractivity contribution in [1.29, 1.82) is 0 Å². The summed E-state index contributed by atoms with van der Waals surface area (Å²) in [7, 11) is -12.6. The first-order chi connectivity index (χ1) is 22.0. The molecule has 0 aromatic heterocycles. The molecule has 3 saturated heterocycles. The molecule has 3 fully saturated rings. The Hall–Kier alpha value is 0.684. The first kappa shape index (κ1) is 42.1. The lowest BCUT2D eigenvalue weighted by Gasteiger charge is -2.46. The highest BCUT2D eigenvalue weighted by Gasteiger charge is 2.58. The molecule has 0 aliphatic carbocycles. The first-order valence-electron chi connectivity index (χ1n) is 18.4. The van der Waals surface area contributed by atoms with E-state index in [0.717, 1.165) is 69.7 Å². The summed E-state index contributed by atoms with van der Waals surface area (Å²) in [5, 5.41) is 0. The van der Waals surface area contributed by atoms with Crippen LogP contribution in [0, 0.1) is 5.92 Å². The third-order valence-electron chi connectivity index (χ3n) is 8.49. The molecule has 15 heteroatoms. The van der Waals surface area contributed by atoms with Gasteiger partial charge in [0, 0.05) is 19.8 Å². The van der Waals surface area contributed by atoms with Crippen LogP contribution >= 0.6 is 0 Å². The molecule has 3 unspecified atom stereocenters. The lowest BCUT2D eigenvalue weighted by Crippen LogP contribution is -2.66. The molecule has 0 aromatic rings. The minimum Gasteiger partial charge on any atom is -0.396 e. The number of ether oxygens (including phenoxy) is 6. The van der Waals surface area contributed by atoms with E-state index in [0.29, 0.717) is 45.6 Å². The Morgan fingerprint density at radius 2 is 0.766 bits per heavy atom. The van der Waals surface area contributed by atoms with Crippen molar-refractivity contribution in [2.24, 2.45) is 5.92 Å². The molecule has 3 aliphatic heterocycles. The highest BCUT2D eigenvalue weighted by molar-refractivity contribution is 6.92. The quantitative estimate of drug-likeness (QED) is 0.0427. The van der Waals surface area contributed by atoms with Crippen LogP contribution in [0.2, 0.25) is 76.6 Å². The lowest BCUT2D eigenvalue weighted by atomic mass is 10.1. The molecule has 3 atom stereocenters. The Labute approximate surface area is 292 Å². The standard InChI is InChI=1S/C32H70O10Si5/c1-29(2)15-11-19-43(3,4)39-47(40-44(5,6)20-12-16-33-23-30-26-36-30,41-45(7,8)21-13-17-34-24-31-27-37-31)42-46(9,10)22-14-18-35-25-32-28-38-32/h29-32H,11-28H2,1-10H3. The van der Waals surface area contributed by atoms with Gasteiger partial charge in [0.2, 0.25) is 0 Å². The summed E-state index contributed by atoms with van der Waals surface area (Å²) in [6.45, 7) is 29.7. The Balaban J connectivity index is 1.76. The number of hydrogen-bond donors (Lipinski definition) is 0. The van der Waals surface area contributed by atoms with Crippen molar-refractivity contribution >= 4 is 42.3 Å². The zero-order chi connectivity index (χ0) is 34.6. The molecule has 0 aromatic carbocycles. The van der Waals surface area contributed by atoms with Gasteiger partial charge in [0.25, 0.3) is 0 Å². The second kappa shape index (κ2) is 19.5. The van der Waals surface area contributed by atoms with E-state index in [1.807, 2.05) is 0 Å². The fourth-order valence-electron chi connectivity index (χ4n) is 5.56. The monoisotopic (exact) mass is 754 g/mol. The second-order valence-corrected chi connectivity index (χ2v) is 37.0. The Bertz CT molecular complexity index is 794. The average molecular weight is 755 g/mol. The van der Waals surface area contributed by atoms with E-state index in [-0.39, 0.29) is 18.3 Å². The molecule has 0 bridgehead atoms. The van der Waals surface area contributed by atoms with Crippen LogP contribution in [0.5, 0.6) is 0 Å². The van der Waals surface area contributed by atoms with Crippen LogP contribution in [0.1, 0.15) is 46.0 Å². The van der Waals surface area contributed by atoms with Crippen LogP contribution in [0.25, 0.3) is 0 Å². The summed E-state index contributed by atoms with van der Waals surface area (Å²) in [6.07, 6.45) is 6.03. The van der Waals surface area contributed by atoms with Gasteiger partial charge in [-0.15, -0.1) is 0 Å². The summed E-state index contributed by atoms with van der Waals surface area (Å²) in [4.78, 5) is 0. The van der Waals surface area contributed by atoms with E-state index < -0.39 is 42.3 Å². The van der Waals surface area contributed by atoms with E-state index in [9.17, 15) is 0 Å². The predicted octanol–water partition coefficient (Wildman–Crippen LogP) is 7.16. The Morgan fingerprint density at radius 3 is 1.02 bits per heavy atom. The van der Waals surface area contributed by atoms with Crippen LogP contribution in [0.3, 0.4) is 0 Å². The fraction of sp³-hybridized carbons (Fsp3) is 1.00. The second-order valence-electron chi connectivity index (χ2n) is 16.6. The topological polar surface area (TPSA) is 102 Å². The van der Waals surface area contributed by atoms with Gasteiger partial charge < -0.3 is 44.9 Å². The Morgan fingerprint density at radius 1 is 0.489 bits per heavy atom. The minimum atomic E-state index is -3.58. The largest absolute Gasteiger partial charge is 0.636 e. The van der Waals surface area contributed by atoms with Gasteiger partial charge in [-0.05, 0) is 102 Å². The third kappa shape index (κ3) is 20.3. The van der Waals surface area contributed by atoms with Crippen LogP contribution in [0.15, 0.2) is 0 Å². The van der Waals surface area contributed by atoms with Crippen LogP contribution in [-0.4, -0.2) is 120 Å². The maximum atomic E-state index is 7.39. The van der Waals surface area contributed by atoms with Gasteiger partial charge >= 0.3 is 9.05 Å². The molecule has 0 saturated carbocycles. The number of epoxide rings is 3. The van der Waals surface area contributed by atoms with Gasteiger partial charge in [0.05, 0.1) is 39.6 Å². The lowest BCUT2D eigenvalue weighted by molar-refractivity contribution is 0.112. The summed E-state index contributed by atoms with van der Waals surface area (Å²) in [5.41, 5.74) is 0. The van der Waals surface area contributed by atoms with E-state index in [1.165, 1.54) is 6.42 Å². The van der Waals surface area contributed by atoms with Gasteiger partial charge in [-0.1, -0.05) is 26.7 Å². The molecule has 3 heterocycles. The summed E-state index contributed by atoms with van der Waals surface area (Å²) in [5.74, 6) is 0.672. The van der Waals surface area contributed by atoms with E-state index >= 15 is 0 Å². The summed E-state index contributed by atoms with van der Waals surface area (Å²) < 4.78 is 63.1. The molecule has 278 valence electrons. The first-order valence-corrected chi connectivity index (χ1v) is 32.5. The maximum absolute atomic E-state index is 7.39. The van der Waals surface area contributed by atoms with Crippen molar-refractivity contribution in [3.05, 3.63) is 0 Å². The molecule has 0 spiro atoms. The van der Waals surface area contributed by atoms with Gasteiger partial charge in [-0.3, -0.25) is 0 Å². The smallest absolute Gasteiger partial charge is 0.396 e. The molecular weight excluding hydrogens is 685 g/mol. The molecule has 10 nitrogen and oxygen atoms in total.